The van der Waals surface area contributed by atoms with Crippen molar-refractivity contribution in [2.24, 2.45) is 0 Å². The minimum absolute atomic E-state index is 0.566. The third-order valence-electron chi connectivity index (χ3n) is 1.02. The fraction of sp³-hybridized carbons (Fsp3) is 1.00. The minimum atomic E-state index is -1.49. The van der Waals surface area contributed by atoms with E-state index in [2.05, 4.69) is 39.4 Å². The van der Waals surface area contributed by atoms with E-state index in [0.717, 1.165) is 0 Å². The SMILES string of the molecule is CC(C)S[PH](=S)P(=S)(SS)SC(C)C. The van der Waals surface area contributed by atoms with Gasteiger partial charge in [-0.05, 0) is 10.4 Å². The molecule has 0 nitrogen and oxygen atoms in total. The fourth-order valence-electron chi connectivity index (χ4n) is 0.639. The van der Waals surface area contributed by atoms with Gasteiger partial charge >= 0.3 is 0 Å². The molecule has 0 heterocycles. The monoisotopic (exact) mass is 342 g/mol. The van der Waals surface area contributed by atoms with Crippen LogP contribution in [0.5, 0.6) is 0 Å². The lowest BCUT2D eigenvalue weighted by molar-refractivity contribution is 1.12. The standard InChI is InChI=1S/C6H16P2S6/c1-5(2)12-7(9)8(10,14-11)13-6(3)4/h5-7,11H,1-4H3. The summed E-state index contributed by atoms with van der Waals surface area (Å²) in [7, 11) is 1.55. The van der Waals surface area contributed by atoms with Gasteiger partial charge in [0.25, 0.3) is 0 Å². The lowest BCUT2D eigenvalue weighted by atomic mass is 10.6. The molecule has 8 heteroatoms. The summed E-state index contributed by atoms with van der Waals surface area (Å²) in [5.41, 5.74) is -0.897. The van der Waals surface area contributed by atoms with Crippen molar-refractivity contribution in [3.8, 4) is 0 Å². The van der Waals surface area contributed by atoms with Gasteiger partial charge in [-0.2, -0.15) is 0 Å². The molecule has 0 saturated heterocycles. The summed E-state index contributed by atoms with van der Waals surface area (Å²) in [5, 5.41) is 1.16. The van der Waals surface area contributed by atoms with Gasteiger partial charge in [-0.1, -0.05) is 51.3 Å². The van der Waals surface area contributed by atoms with Crippen molar-refractivity contribution >= 4 is 78.2 Å². The summed E-state index contributed by atoms with van der Waals surface area (Å²) < 4.78 is -1.49. The average Bonchev–Trinajstić information content (AvgIpc) is 2.01. The van der Waals surface area contributed by atoms with E-state index < -0.39 is 9.72 Å². The predicted molar refractivity (Wildman–Crippen MR) is 92.0 cm³/mol. The van der Waals surface area contributed by atoms with Gasteiger partial charge in [0.2, 0.25) is 0 Å². The lowest BCUT2D eigenvalue weighted by Gasteiger charge is -2.22. The van der Waals surface area contributed by atoms with Crippen LogP contribution >= 0.6 is 54.6 Å². The smallest absolute Gasteiger partial charge is 0.104 e. The van der Waals surface area contributed by atoms with Crippen LogP contribution in [-0.4, -0.2) is 10.5 Å². The first kappa shape index (κ1) is 16.7. The van der Waals surface area contributed by atoms with Crippen molar-refractivity contribution in [1.29, 1.82) is 0 Å². The molecule has 0 aliphatic rings. The maximum absolute atomic E-state index is 5.70. The van der Waals surface area contributed by atoms with Gasteiger partial charge in [-0.25, -0.2) is 0 Å². The van der Waals surface area contributed by atoms with Crippen molar-refractivity contribution in [2.45, 2.75) is 38.2 Å². The largest absolute Gasteiger partial charge is 0.117 e. The number of hydrogen-bond donors (Lipinski definition) is 1. The molecule has 2 unspecified atom stereocenters. The van der Waals surface area contributed by atoms with Gasteiger partial charge in [0.15, 0.2) is 0 Å². The molecule has 0 amide bonds. The molecule has 0 saturated carbocycles. The second-order valence-electron chi connectivity index (χ2n) is 3.17. The summed E-state index contributed by atoms with van der Waals surface area (Å²) in [5.74, 6) is 0. The zero-order chi connectivity index (χ0) is 11.4. The molecule has 0 radical (unpaired) electrons. The first-order valence-electron chi connectivity index (χ1n) is 4.14. The maximum atomic E-state index is 5.70. The zero-order valence-electron chi connectivity index (χ0n) is 8.59. The Morgan fingerprint density at radius 3 is 2.00 bits per heavy atom. The summed E-state index contributed by atoms with van der Waals surface area (Å²) in [4.78, 5) is 0. The normalized spacial score (nSPS) is 18.5. The van der Waals surface area contributed by atoms with E-state index in [0.29, 0.717) is 10.5 Å². The summed E-state index contributed by atoms with van der Waals surface area (Å²) in [6.45, 7) is 8.73. The molecule has 0 fully saturated rings. The number of thiol groups is 1. The van der Waals surface area contributed by atoms with Gasteiger partial charge in [0.1, 0.15) is 4.13 Å². The van der Waals surface area contributed by atoms with Gasteiger partial charge in [0.05, 0.1) is 0 Å². The highest BCUT2D eigenvalue weighted by molar-refractivity contribution is 9.33. The number of hydrogen-bond acceptors (Lipinski definition) is 6. The summed E-state index contributed by atoms with van der Waals surface area (Å²) in [6, 6.07) is 0. The minimum Gasteiger partial charge on any atom is -0.117 e. The first-order chi connectivity index (χ1) is 6.31. The Hall–Kier alpha value is 2.70. The van der Waals surface area contributed by atoms with Gasteiger partial charge < -0.3 is 0 Å². The van der Waals surface area contributed by atoms with Crippen LogP contribution in [0, 0.1) is 0 Å². The molecular weight excluding hydrogens is 326 g/mol. The molecule has 0 aromatic carbocycles. The van der Waals surface area contributed by atoms with Gasteiger partial charge in [0, 0.05) is 16.1 Å². The van der Waals surface area contributed by atoms with Crippen molar-refractivity contribution in [3.63, 3.8) is 0 Å². The molecule has 0 spiro atoms. The lowest BCUT2D eigenvalue weighted by Crippen LogP contribution is -1.83. The quantitative estimate of drug-likeness (QED) is 0.374. The molecule has 0 aromatic heterocycles. The Morgan fingerprint density at radius 2 is 1.71 bits per heavy atom. The van der Waals surface area contributed by atoms with Crippen molar-refractivity contribution in [1.82, 2.24) is 0 Å². The van der Waals surface area contributed by atoms with Crippen LogP contribution in [-0.2, 0) is 23.6 Å². The number of rotatable bonds is 6. The molecule has 0 aliphatic heterocycles. The Bertz CT molecular complexity index is 238. The van der Waals surface area contributed by atoms with Gasteiger partial charge in [-0.3, -0.25) is 0 Å². The van der Waals surface area contributed by atoms with Crippen LogP contribution in [0.4, 0.5) is 0 Å². The Kier molecular flexibility index (Phi) is 9.44. The fourth-order valence-corrected chi connectivity index (χ4v) is 31.3. The molecule has 0 bridgehead atoms. The topological polar surface area (TPSA) is 0 Å². The van der Waals surface area contributed by atoms with E-state index in [1.165, 1.54) is 0 Å². The van der Waals surface area contributed by atoms with Crippen LogP contribution in [0.3, 0.4) is 0 Å². The molecule has 0 aliphatic carbocycles. The highest BCUT2D eigenvalue weighted by Gasteiger charge is 2.24. The van der Waals surface area contributed by atoms with Crippen LogP contribution in [0.15, 0.2) is 0 Å². The van der Waals surface area contributed by atoms with E-state index in [1.807, 2.05) is 22.8 Å². The molecule has 86 valence electrons. The second kappa shape index (κ2) is 7.92. The van der Waals surface area contributed by atoms with Crippen LogP contribution in [0.2, 0.25) is 0 Å². The van der Waals surface area contributed by atoms with Crippen LogP contribution in [0.1, 0.15) is 27.7 Å². The third-order valence-corrected chi connectivity index (χ3v) is 37.3. The van der Waals surface area contributed by atoms with E-state index in [4.69, 9.17) is 23.6 Å². The highest BCUT2D eigenvalue weighted by Crippen LogP contribution is 2.90. The van der Waals surface area contributed by atoms with E-state index in [1.54, 1.807) is 10.4 Å². The maximum Gasteiger partial charge on any atom is 0.104 e. The molecule has 0 aromatic rings. The molecule has 0 rings (SSSR count). The molecule has 14 heavy (non-hydrogen) atoms. The molecular formula is C6H16P2S6. The molecule has 0 N–H and O–H groups in total. The van der Waals surface area contributed by atoms with Crippen molar-refractivity contribution < 1.29 is 0 Å². The predicted octanol–water partition coefficient (Wildman–Crippen LogP) is 5.66. The Labute approximate surface area is 115 Å². The van der Waals surface area contributed by atoms with Crippen molar-refractivity contribution in [2.75, 3.05) is 0 Å². The molecule has 2 atom stereocenters. The zero-order valence-corrected chi connectivity index (χ0v) is 15.5. The van der Waals surface area contributed by atoms with E-state index >= 15 is 0 Å². The average molecular weight is 343 g/mol. The second-order valence-corrected chi connectivity index (χ2v) is 28.8. The Balaban J connectivity index is 4.52. The highest BCUT2D eigenvalue weighted by atomic mass is 33.6. The Morgan fingerprint density at radius 1 is 1.21 bits per heavy atom. The van der Waals surface area contributed by atoms with Gasteiger partial charge in [-0.15, -0.1) is 34.4 Å². The third kappa shape index (κ3) is 6.44. The van der Waals surface area contributed by atoms with E-state index in [-0.39, 0.29) is 0 Å². The summed E-state index contributed by atoms with van der Waals surface area (Å²) in [6.07, 6.45) is 0. The first-order valence-corrected chi connectivity index (χ1v) is 16.0. The van der Waals surface area contributed by atoms with Crippen LogP contribution < -0.4 is 0 Å². The summed E-state index contributed by atoms with van der Waals surface area (Å²) >= 11 is 19.4. The van der Waals surface area contributed by atoms with E-state index in [9.17, 15) is 0 Å². The van der Waals surface area contributed by atoms with Crippen molar-refractivity contribution in [3.05, 3.63) is 0 Å². The van der Waals surface area contributed by atoms with Crippen LogP contribution in [0.25, 0.3) is 0 Å².